The van der Waals surface area contributed by atoms with E-state index in [0.29, 0.717) is 23.9 Å². The Hall–Kier alpha value is -3.60. The van der Waals surface area contributed by atoms with Gasteiger partial charge in [-0.15, -0.1) is 0 Å². The number of hydrogen-bond acceptors (Lipinski definition) is 4. The van der Waals surface area contributed by atoms with E-state index in [4.69, 9.17) is 9.72 Å². The van der Waals surface area contributed by atoms with Crippen LogP contribution in [0.4, 0.5) is 11.4 Å². The third-order valence-electron chi connectivity index (χ3n) is 5.36. The van der Waals surface area contributed by atoms with Crippen molar-refractivity contribution < 1.29 is 9.53 Å². The topological polar surface area (TPSA) is 63.2 Å². The van der Waals surface area contributed by atoms with Gasteiger partial charge in [-0.2, -0.15) is 0 Å². The van der Waals surface area contributed by atoms with Crippen LogP contribution in [-0.2, 0) is 0 Å². The van der Waals surface area contributed by atoms with Gasteiger partial charge >= 0.3 is 0 Å². The number of aromatic nitrogens is 1. The fourth-order valence-corrected chi connectivity index (χ4v) is 3.56. The third-order valence-corrected chi connectivity index (χ3v) is 5.36. The zero-order valence-corrected chi connectivity index (χ0v) is 18.1. The Labute approximate surface area is 182 Å². The molecule has 1 amide bonds. The summed E-state index contributed by atoms with van der Waals surface area (Å²) in [5.74, 6) is 0.582. The van der Waals surface area contributed by atoms with Gasteiger partial charge in [0.1, 0.15) is 5.75 Å². The molecule has 158 valence electrons. The Kier molecular flexibility index (Phi) is 6.03. The Bertz CT molecular complexity index is 1170. The summed E-state index contributed by atoms with van der Waals surface area (Å²) in [4.78, 5) is 17.6. The number of nitrogens with one attached hydrogen (secondary N) is 2. The molecule has 0 fully saturated rings. The van der Waals surface area contributed by atoms with E-state index < -0.39 is 0 Å². The van der Waals surface area contributed by atoms with E-state index >= 15 is 0 Å². The predicted molar refractivity (Wildman–Crippen MR) is 127 cm³/mol. The van der Waals surface area contributed by atoms with E-state index in [1.54, 1.807) is 24.3 Å². The summed E-state index contributed by atoms with van der Waals surface area (Å²) in [6.45, 7) is 6.85. The number of carbonyl (C=O) groups is 1. The van der Waals surface area contributed by atoms with Crippen molar-refractivity contribution in [3.05, 3.63) is 72.3 Å². The van der Waals surface area contributed by atoms with Gasteiger partial charge in [0.25, 0.3) is 5.91 Å². The molecule has 0 saturated heterocycles. The average Bonchev–Trinajstić information content (AvgIpc) is 3.00. The van der Waals surface area contributed by atoms with Crippen molar-refractivity contribution in [1.82, 2.24) is 4.98 Å². The van der Waals surface area contributed by atoms with Crippen LogP contribution in [0.2, 0.25) is 0 Å². The molecule has 0 spiro atoms. The van der Waals surface area contributed by atoms with E-state index in [-0.39, 0.29) is 5.91 Å². The lowest BCUT2D eigenvalue weighted by Crippen LogP contribution is -2.13. The number of ether oxygens (including phenoxy) is 1. The number of rotatable bonds is 7. The monoisotopic (exact) mass is 413 g/mol. The quantitative estimate of drug-likeness (QED) is 0.379. The standard InChI is InChI=1S/C26H27N3O2/c1-4-17(3)27-23-11-7-10-22-21-9-6-8-19(16-24(21)29-25(22)23)28-26(30)18-12-14-20(15-13-18)31-5-2/h6-17,27H,4-5H2,1-3H3,(H,28,30). The van der Waals surface area contributed by atoms with Crippen LogP contribution < -0.4 is 15.4 Å². The molecule has 1 atom stereocenters. The maximum atomic E-state index is 12.7. The van der Waals surface area contributed by atoms with Crippen LogP contribution in [0.15, 0.2) is 66.7 Å². The van der Waals surface area contributed by atoms with Crippen LogP contribution in [0.5, 0.6) is 5.75 Å². The fraction of sp³-hybridized carbons (Fsp3) is 0.231. The number of para-hydroxylation sites is 1. The average molecular weight is 414 g/mol. The maximum absolute atomic E-state index is 12.7. The summed E-state index contributed by atoms with van der Waals surface area (Å²) < 4.78 is 5.44. The van der Waals surface area contributed by atoms with E-state index in [2.05, 4.69) is 42.7 Å². The number of hydrogen-bond donors (Lipinski definition) is 2. The molecule has 0 bridgehead atoms. The van der Waals surface area contributed by atoms with Crippen LogP contribution in [0.3, 0.4) is 0 Å². The number of fused-ring (bicyclic) bond motifs is 3. The molecule has 5 heteroatoms. The molecule has 0 aromatic heterocycles. The van der Waals surface area contributed by atoms with Gasteiger partial charge in [0.15, 0.2) is 0 Å². The molecule has 1 heterocycles. The first-order valence-corrected chi connectivity index (χ1v) is 10.7. The lowest BCUT2D eigenvalue weighted by molar-refractivity contribution is 0.102. The summed E-state index contributed by atoms with van der Waals surface area (Å²) in [6, 6.07) is 21.5. The molecule has 0 radical (unpaired) electrons. The molecule has 1 aliphatic heterocycles. The number of carbonyl (C=O) groups excluding carboxylic acids is 1. The first-order valence-electron chi connectivity index (χ1n) is 10.7. The van der Waals surface area contributed by atoms with Gasteiger partial charge in [0.05, 0.1) is 23.5 Å². The number of benzene rings is 2. The van der Waals surface area contributed by atoms with E-state index in [0.717, 1.165) is 40.0 Å². The van der Waals surface area contributed by atoms with Crippen molar-refractivity contribution in [2.75, 3.05) is 17.2 Å². The molecule has 2 aliphatic rings. The molecule has 2 aromatic rings. The lowest BCUT2D eigenvalue weighted by Gasteiger charge is -2.13. The van der Waals surface area contributed by atoms with Crippen LogP contribution in [0.1, 0.15) is 37.6 Å². The zero-order valence-electron chi connectivity index (χ0n) is 18.1. The third kappa shape index (κ3) is 4.45. The van der Waals surface area contributed by atoms with Gasteiger partial charge in [-0.05, 0) is 62.7 Å². The van der Waals surface area contributed by atoms with Crippen molar-refractivity contribution in [1.29, 1.82) is 0 Å². The summed E-state index contributed by atoms with van der Waals surface area (Å²) in [6.07, 6.45) is 1.04. The fourth-order valence-electron chi connectivity index (χ4n) is 3.56. The highest BCUT2D eigenvalue weighted by atomic mass is 16.5. The van der Waals surface area contributed by atoms with Gasteiger partial charge in [0.2, 0.25) is 0 Å². The molecule has 31 heavy (non-hydrogen) atoms. The zero-order chi connectivity index (χ0) is 21.8. The highest BCUT2D eigenvalue weighted by Gasteiger charge is 2.15. The summed E-state index contributed by atoms with van der Waals surface area (Å²) in [5, 5.41) is 7.63. The summed E-state index contributed by atoms with van der Waals surface area (Å²) in [7, 11) is 0. The SMILES string of the molecule is CCOc1ccc(C(=O)Nc2cccc3c4cccc(NC(C)CC)c4nc-3c2)cc1. The van der Waals surface area contributed by atoms with E-state index in [9.17, 15) is 4.79 Å². The maximum Gasteiger partial charge on any atom is 0.255 e. The molecule has 1 aliphatic carbocycles. The Balaban J connectivity index is 1.63. The Morgan fingerprint density at radius 1 is 1.03 bits per heavy atom. The van der Waals surface area contributed by atoms with Crippen LogP contribution in [-0.4, -0.2) is 23.5 Å². The molecule has 5 nitrogen and oxygen atoms in total. The highest BCUT2D eigenvalue weighted by Crippen LogP contribution is 2.35. The first kappa shape index (κ1) is 20.7. The van der Waals surface area contributed by atoms with Gasteiger partial charge < -0.3 is 15.4 Å². The van der Waals surface area contributed by atoms with Gasteiger partial charge in [-0.25, -0.2) is 4.98 Å². The number of nitrogens with zero attached hydrogens (tertiary/aromatic N) is 1. The number of amides is 1. The molecule has 2 aromatic carbocycles. The Morgan fingerprint density at radius 2 is 1.81 bits per heavy atom. The number of anilines is 2. The van der Waals surface area contributed by atoms with Crippen molar-refractivity contribution in [3.63, 3.8) is 0 Å². The first-order chi connectivity index (χ1) is 15.1. The normalized spacial score (nSPS) is 12.0. The van der Waals surface area contributed by atoms with Crippen molar-refractivity contribution in [2.24, 2.45) is 0 Å². The molecule has 1 unspecified atom stereocenters. The summed E-state index contributed by atoms with van der Waals surface area (Å²) >= 11 is 0. The minimum Gasteiger partial charge on any atom is -0.494 e. The van der Waals surface area contributed by atoms with Crippen molar-refractivity contribution >= 4 is 28.2 Å². The van der Waals surface area contributed by atoms with E-state index in [1.165, 1.54) is 0 Å². The van der Waals surface area contributed by atoms with Gasteiger partial charge in [0, 0.05) is 28.2 Å². The largest absolute Gasteiger partial charge is 0.494 e. The molecule has 2 N–H and O–H groups in total. The molecule has 4 rings (SSSR count). The predicted octanol–water partition coefficient (Wildman–Crippen LogP) is 6.20. The Morgan fingerprint density at radius 3 is 2.55 bits per heavy atom. The highest BCUT2D eigenvalue weighted by molar-refractivity contribution is 6.06. The smallest absolute Gasteiger partial charge is 0.255 e. The molecular weight excluding hydrogens is 386 g/mol. The lowest BCUT2D eigenvalue weighted by atomic mass is 10.1. The van der Waals surface area contributed by atoms with Crippen LogP contribution >= 0.6 is 0 Å². The van der Waals surface area contributed by atoms with Gasteiger partial charge in [-0.3, -0.25) is 4.79 Å². The molecular formula is C26H27N3O2. The molecule has 0 saturated carbocycles. The van der Waals surface area contributed by atoms with E-state index in [1.807, 2.05) is 31.2 Å². The minimum atomic E-state index is -0.169. The van der Waals surface area contributed by atoms with Crippen LogP contribution in [0.25, 0.3) is 22.2 Å². The van der Waals surface area contributed by atoms with Crippen molar-refractivity contribution in [2.45, 2.75) is 33.2 Å². The summed E-state index contributed by atoms with van der Waals surface area (Å²) in [5.41, 5.74) is 5.17. The second kappa shape index (κ2) is 9.04. The second-order valence-electron chi connectivity index (χ2n) is 7.60. The second-order valence-corrected chi connectivity index (χ2v) is 7.60. The van der Waals surface area contributed by atoms with Crippen LogP contribution in [0, 0.1) is 0 Å². The van der Waals surface area contributed by atoms with Gasteiger partial charge in [-0.1, -0.05) is 31.2 Å². The van der Waals surface area contributed by atoms with Crippen molar-refractivity contribution in [3.8, 4) is 17.0 Å². The minimum absolute atomic E-state index is 0.169.